The monoisotopic (exact) mass is 440 g/mol. The summed E-state index contributed by atoms with van der Waals surface area (Å²) < 4.78 is 1.70. The number of hydrogen-bond acceptors (Lipinski definition) is 4. The zero-order valence-corrected chi connectivity index (χ0v) is 15.7. The summed E-state index contributed by atoms with van der Waals surface area (Å²) in [7, 11) is 0. The topological polar surface area (TPSA) is 84.0 Å². The van der Waals surface area contributed by atoms with E-state index >= 15 is 0 Å². The van der Waals surface area contributed by atoms with Crippen molar-refractivity contribution < 1.29 is 9.59 Å². The van der Waals surface area contributed by atoms with E-state index in [4.69, 9.17) is 0 Å². The summed E-state index contributed by atoms with van der Waals surface area (Å²) in [6.07, 6.45) is 2.88. The number of hydrogen-bond donors (Lipinski definition) is 2. The number of halogens is 2. The molecule has 0 aliphatic rings. The van der Waals surface area contributed by atoms with Crippen molar-refractivity contribution in [2.45, 2.75) is 20.3 Å². The molecule has 0 atom stereocenters. The Balaban J connectivity index is 1.92. The lowest BCUT2D eigenvalue weighted by Crippen LogP contribution is -2.22. The molecule has 6 nitrogen and oxygen atoms in total. The largest absolute Gasteiger partial charge is 0.310 e. The van der Waals surface area contributed by atoms with Crippen LogP contribution in [0.2, 0.25) is 0 Å². The molecule has 0 bridgehead atoms. The minimum Gasteiger partial charge on any atom is -0.310 e. The van der Waals surface area contributed by atoms with Gasteiger partial charge in [-0.05, 0) is 69.0 Å². The van der Waals surface area contributed by atoms with Crippen molar-refractivity contribution in [3.8, 4) is 0 Å². The predicted molar refractivity (Wildman–Crippen MR) is 95.2 cm³/mol. The van der Waals surface area contributed by atoms with Gasteiger partial charge < -0.3 is 10.6 Å². The number of anilines is 2. The molecule has 2 N–H and O–H groups in total. The lowest BCUT2D eigenvalue weighted by molar-refractivity contribution is -0.123. The molecule has 0 radical (unpaired) electrons. The second kappa shape index (κ2) is 7.65. The second-order valence-electron chi connectivity index (χ2n) is 4.91. The molecule has 0 fully saturated rings. The van der Waals surface area contributed by atoms with Crippen LogP contribution in [0.3, 0.4) is 0 Å². The van der Waals surface area contributed by atoms with Crippen LogP contribution in [0, 0.1) is 13.8 Å². The van der Waals surface area contributed by atoms with Gasteiger partial charge in [-0.25, -0.2) is 9.97 Å². The number of nitrogens with one attached hydrogen (secondary N) is 2. The first kappa shape index (κ1) is 17.6. The van der Waals surface area contributed by atoms with Crippen molar-refractivity contribution in [3.63, 3.8) is 0 Å². The van der Waals surface area contributed by atoms with Gasteiger partial charge in [0.05, 0.1) is 0 Å². The molecular formula is C15H14Br2N4O2. The maximum Gasteiger partial charge on any atom is 0.234 e. The number of nitrogens with zero attached hydrogens (tertiary/aromatic N) is 2. The van der Waals surface area contributed by atoms with Crippen LogP contribution in [0.5, 0.6) is 0 Å². The molecule has 2 aromatic rings. The van der Waals surface area contributed by atoms with E-state index in [-0.39, 0.29) is 6.42 Å². The van der Waals surface area contributed by atoms with Gasteiger partial charge in [0.1, 0.15) is 18.1 Å². The molecule has 2 amide bonds. The molecule has 8 heteroatoms. The number of pyridine rings is 2. The molecule has 0 spiro atoms. The number of aromatic nitrogens is 2. The third-order valence-corrected chi connectivity index (χ3v) is 4.61. The maximum atomic E-state index is 11.9. The third-order valence-electron chi connectivity index (χ3n) is 2.95. The summed E-state index contributed by atoms with van der Waals surface area (Å²) in [5.74, 6) is -0.0710. The fourth-order valence-corrected chi connectivity index (χ4v) is 2.17. The molecule has 0 unspecified atom stereocenters. The SMILES string of the molecule is Cc1cc(NC(=O)CC(=O)Nc2cc(C)c(Br)cn2)ncc1Br. The normalized spacial score (nSPS) is 10.3. The molecule has 0 saturated carbocycles. The van der Waals surface area contributed by atoms with Crippen LogP contribution in [0.4, 0.5) is 11.6 Å². The lowest BCUT2D eigenvalue weighted by Gasteiger charge is -2.07. The van der Waals surface area contributed by atoms with Crippen molar-refractivity contribution >= 4 is 55.3 Å². The Morgan fingerprint density at radius 1 is 0.913 bits per heavy atom. The standard InChI is InChI=1S/C15H14Br2N4O2/c1-8-3-12(18-6-10(8)16)20-14(22)5-15(23)21-13-4-9(2)11(17)7-19-13/h3-4,6-7H,5H2,1-2H3,(H,18,20,22)(H,19,21,23). The minimum atomic E-state index is -0.439. The van der Waals surface area contributed by atoms with E-state index in [1.807, 2.05) is 13.8 Å². The van der Waals surface area contributed by atoms with Crippen LogP contribution < -0.4 is 10.6 Å². The average molecular weight is 442 g/mol. The summed E-state index contributed by atoms with van der Waals surface area (Å²) >= 11 is 6.67. The maximum absolute atomic E-state index is 11.9. The van der Waals surface area contributed by atoms with E-state index < -0.39 is 11.8 Å². The molecule has 0 saturated heterocycles. The van der Waals surface area contributed by atoms with Gasteiger partial charge in [-0.3, -0.25) is 9.59 Å². The summed E-state index contributed by atoms with van der Waals surface area (Å²) in [6, 6.07) is 3.44. The fourth-order valence-electron chi connectivity index (χ4n) is 1.74. The Hall–Kier alpha value is -1.80. The van der Waals surface area contributed by atoms with Gasteiger partial charge >= 0.3 is 0 Å². The zero-order chi connectivity index (χ0) is 17.0. The second-order valence-corrected chi connectivity index (χ2v) is 6.62. The van der Waals surface area contributed by atoms with Crippen LogP contribution in [0.25, 0.3) is 0 Å². The summed E-state index contributed by atoms with van der Waals surface area (Å²) in [4.78, 5) is 31.9. The molecule has 0 aromatic carbocycles. The first-order valence-electron chi connectivity index (χ1n) is 6.69. The Labute approximate surface area is 150 Å². The van der Waals surface area contributed by atoms with E-state index in [1.165, 1.54) is 0 Å². The fraction of sp³-hybridized carbons (Fsp3) is 0.200. The number of amides is 2. The van der Waals surface area contributed by atoms with Crippen molar-refractivity contribution in [1.82, 2.24) is 9.97 Å². The molecule has 2 heterocycles. The summed E-state index contributed by atoms with van der Waals surface area (Å²) in [5, 5.41) is 5.18. The highest BCUT2D eigenvalue weighted by Gasteiger charge is 2.12. The van der Waals surface area contributed by atoms with Gasteiger partial charge in [0.15, 0.2) is 0 Å². The molecule has 120 valence electrons. The summed E-state index contributed by atoms with van der Waals surface area (Å²) in [5.41, 5.74) is 1.88. The van der Waals surface area contributed by atoms with Crippen LogP contribution >= 0.6 is 31.9 Å². The van der Waals surface area contributed by atoms with Gasteiger partial charge in [-0.2, -0.15) is 0 Å². The van der Waals surface area contributed by atoms with Crippen LogP contribution in [0.1, 0.15) is 17.5 Å². The molecule has 2 rings (SSSR count). The van der Waals surface area contributed by atoms with Crippen molar-refractivity contribution in [1.29, 1.82) is 0 Å². The quantitative estimate of drug-likeness (QED) is 0.710. The minimum absolute atomic E-state index is 0.312. The van der Waals surface area contributed by atoms with Gasteiger partial charge in [0.2, 0.25) is 11.8 Å². The molecular weight excluding hydrogens is 428 g/mol. The van der Waals surface area contributed by atoms with E-state index in [0.29, 0.717) is 11.6 Å². The number of carbonyl (C=O) groups excluding carboxylic acids is 2. The van der Waals surface area contributed by atoms with E-state index in [2.05, 4.69) is 52.5 Å². The first-order valence-corrected chi connectivity index (χ1v) is 8.27. The van der Waals surface area contributed by atoms with Crippen LogP contribution in [0.15, 0.2) is 33.5 Å². The average Bonchev–Trinajstić information content (AvgIpc) is 2.46. The highest BCUT2D eigenvalue weighted by Crippen LogP contribution is 2.18. The number of aryl methyl sites for hydroxylation is 2. The van der Waals surface area contributed by atoms with Crippen LogP contribution in [-0.2, 0) is 9.59 Å². The zero-order valence-electron chi connectivity index (χ0n) is 12.5. The Kier molecular flexibility index (Phi) is 5.84. The highest BCUT2D eigenvalue weighted by molar-refractivity contribution is 9.10. The Morgan fingerprint density at radius 2 is 1.30 bits per heavy atom. The van der Waals surface area contributed by atoms with E-state index in [9.17, 15) is 9.59 Å². The Bertz CT molecular complexity index is 702. The van der Waals surface area contributed by atoms with E-state index in [1.54, 1.807) is 24.5 Å². The highest BCUT2D eigenvalue weighted by atomic mass is 79.9. The Morgan fingerprint density at radius 3 is 1.65 bits per heavy atom. The van der Waals surface area contributed by atoms with Crippen molar-refractivity contribution in [2.75, 3.05) is 10.6 Å². The molecule has 0 aliphatic heterocycles. The van der Waals surface area contributed by atoms with Gasteiger partial charge in [0.25, 0.3) is 0 Å². The number of carbonyl (C=O) groups is 2. The molecule has 0 aliphatic carbocycles. The molecule has 23 heavy (non-hydrogen) atoms. The van der Waals surface area contributed by atoms with Crippen molar-refractivity contribution in [2.24, 2.45) is 0 Å². The van der Waals surface area contributed by atoms with Crippen LogP contribution in [-0.4, -0.2) is 21.8 Å². The van der Waals surface area contributed by atoms with E-state index in [0.717, 1.165) is 20.1 Å². The van der Waals surface area contributed by atoms with Gasteiger partial charge in [0, 0.05) is 21.3 Å². The molecule has 2 aromatic heterocycles. The van der Waals surface area contributed by atoms with Gasteiger partial charge in [-0.1, -0.05) is 0 Å². The smallest absolute Gasteiger partial charge is 0.234 e. The van der Waals surface area contributed by atoms with Crippen molar-refractivity contribution in [3.05, 3.63) is 44.6 Å². The summed E-state index contributed by atoms with van der Waals surface area (Å²) in [6.45, 7) is 3.77. The van der Waals surface area contributed by atoms with Gasteiger partial charge in [-0.15, -0.1) is 0 Å². The predicted octanol–water partition coefficient (Wildman–Crippen LogP) is 3.59. The lowest BCUT2D eigenvalue weighted by atomic mass is 10.3. The first-order chi connectivity index (χ1) is 10.8. The third kappa shape index (κ3) is 5.11. The number of rotatable bonds is 4.